The van der Waals surface area contributed by atoms with Gasteiger partial charge in [-0.15, -0.1) is 0 Å². The molecule has 1 fully saturated rings. The monoisotopic (exact) mass is 395 g/mol. The van der Waals surface area contributed by atoms with E-state index in [1.54, 1.807) is 0 Å². The highest BCUT2D eigenvalue weighted by molar-refractivity contribution is 6.25. The highest BCUT2D eigenvalue weighted by Gasteiger charge is 2.62. The van der Waals surface area contributed by atoms with Crippen LogP contribution in [0.1, 0.15) is 29.3 Å². The molecule has 0 saturated carbocycles. The lowest BCUT2D eigenvalue weighted by Crippen LogP contribution is -2.41. The number of aromatic hydroxyl groups is 1. The van der Waals surface area contributed by atoms with Gasteiger partial charge in [0.05, 0.1) is 5.56 Å². The van der Waals surface area contributed by atoms with Gasteiger partial charge in [-0.2, -0.15) is 5.26 Å². The number of carbonyl (C=O) groups is 4. The SMILES string of the molecule is C[C@@]12OC(=O)[C@@H](C(=O)c3c(O)cccc31)[C@@H]2CC1=C(O)C(=O)C(C#N)=C(O)C1=O. The Morgan fingerprint density at radius 1 is 1.10 bits per heavy atom. The fraction of sp³-hybridized carbons (Fsp3) is 0.250. The Balaban J connectivity index is 1.84. The number of nitriles is 1. The minimum Gasteiger partial charge on any atom is -0.507 e. The number of hydrogen-bond acceptors (Lipinski definition) is 9. The number of carbonyl (C=O) groups excluding carboxylic acids is 4. The van der Waals surface area contributed by atoms with Gasteiger partial charge in [-0.05, 0) is 19.4 Å². The number of ketones is 3. The summed E-state index contributed by atoms with van der Waals surface area (Å²) in [5, 5.41) is 39.1. The number of phenolic OH excluding ortho intramolecular Hbond substituents is 1. The Morgan fingerprint density at radius 3 is 2.45 bits per heavy atom. The quantitative estimate of drug-likeness (QED) is 0.380. The second-order valence-electron chi connectivity index (χ2n) is 7.20. The zero-order valence-electron chi connectivity index (χ0n) is 14.9. The molecule has 0 spiro atoms. The number of esters is 1. The molecule has 1 aliphatic heterocycles. The fourth-order valence-electron chi connectivity index (χ4n) is 4.30. The molecule has 0 unspecified atom stereocenters. The van der Waals surface area contributed by atoms with Gasteiger partial charge in [0.2, 0.25) is 11.6 Å². The number of rotatable bonds is 2. The predicted molar refractivity (Wildman–Crippen MR) is 92.4 cm³/mol. The zero-order chi connectivity index (χ0) is 21.2. The third-order valence-electron chi connectivity index (χ3n) is 5.77. The first-order chi connectivity index (χ1) is 13.6. The average Bonchev–Trinajstić information content (AvgIpc) is 2.88. The van der Waals surface area contributed by atoms with Crippen LogP contribution in [-0.4, -0.2) is 38.6 Å². The van der Waals surface area contributed by atoms with Gasteiger partial charge in [-0.3, -0.25) is 19.2 Å². The second kappa shape index (κ2) is 5.78. The molecule has 2 aliphatic carbocycles. The molecule has 1 saturated heterocycles. The summed E-state index contributed by atoms with van der Waals surface area (Å²) in [7, 11) is 0. The van der Waals surface area contributed by atoms with E-state index in [0.717, 1.165) is 0 Å². The average molecular weight is 395 g/mol. The highest BCUT2D eigenvalue weighted by atomic mass is 16.6. The molecule has 3 aliphatic rings. The number of phenols is 1. The van der Waals surface area contributed by atoms with E-state index >= 15 is 0 Å². The van der Waals surface area contributed by atoms with Crippen molar-refractivity contribution in [3.8, 4) is 11.8 Å². The standard InChI is InChI=1S/C20H13NO8/c1-20-9-3-2-4-11(22)12(9)18(27)13(19(28)29-20)10(20)5-7-14(23)16(25)8(6-21)17(26)15(7)24/h2-4,10,13,22-23,26H,5H2,1H3/t10-,13+,20+/m0/s1. The summed E-state index contributed by atoms with van der Waals surface area (Å²) in [6.45, 7) is 1.50. The summed E-state index contributed by atoms with van der Waals surface area (Å²) in [5.41, 5.74) is -2.63. The molecule has 0 aromatic heterocycles. The molecule has 0 amide bonds. The summed E-state index contributed by atoms with van der Waals surface area (Å²) in [5.74, 6) is -8.70. The van der Waals surface area contributed by atoms with Crippen molar-refractivity contribution in [1.82, 2.24) is 0 Å². The van der Waals surface area contributed by atoms with E-state index in [1.807, 2.05) is 0 Å². The Morgan fingerprint density at radius 2 is 1.79 bits per heavy atom. The molecule has 29 heavy (non-hydrogen) atoms. The predicted octanol–water partition coefficient (Wildman–Crippen LogP) is 1.28. The van der Waals surface area contributed by atoms with E-state index in [9.17, 15) is 34.5 Å². The summed E-state index contributed by atoms with van der Waals surface area (Å²) in [6.07, 6.45) is -0.438. The van der Waals surface area contributed by atoms with Gasteiger partial charge in [0.25, 0.3) is 0 Å². The first kappa shape index (κ1) is 18.4. The molecule has 9 heteroatoms. The van der Waals surface area contributed by atoms with E-state index in [-0.39, 0.29) is 16.9 Å². The maximum absolute atomic E-state index is 12.9. The lowest BCUT2D eigenvalue weighted by Gasteiger charge is -2.36. The molecular formula is C20H13NO8. The number of hydrogen-bond donors (Lipinski definition) is 3. The van der Waals surface area contributed by atoms with Crippen molar-refractivity contribution in [3.63, 3.8) is 0 Å². The Hall–Kier alpha value is -3.93. The number of nitrogens with zero attached hydrogens (tertiary/aromatic N) is 1. The van der Waals surface area contributed by atoms with Crippen LogP contribution in [0.2, 0.25) is 0 Å². The molecule has 1 aromatic rings. The van der Waals surface area contributed by atoms with E-state index in [2.05, 4.69) is 0 Å². The second-order valence-corrected chi connectivity index (χ2v) is 7.20. The number of benzene rings is 1. The summed E-state index contributed by atoms with van der Waals surface area (Å²) in [6, 6.07) is 5.63. The smallest absolute Gasteiger partial charge is 0.318 e. The van der Waals surface area contributed by atoms with Crippen molar-refractivity contribution < 1.29 is 39.2 Å². The van der Waals surface area contributed by atoms with Crippen LogP contribution in [-0.2, 0) is 24.7 Å². The Labute approximate surface area is 163 Å². The number of fused-ring (bicyclic) bond motifs is 4. The lowest BCUT2D eigenvalue weighted by atomic mass is 9.65. The van der Waals surface area contributed by atoms with Crippen LogP contribution in [0.4, 0.5) is 0 Å². The molecule has 9 nitrogen and oxygen atoms in total. The number of Topliss-reactive ketones (excluding diaryl/α,β-unsaturated/α-hetero) is 3. The van der Waals surface area contributed by atoms with E-state index in [4.69, 9.17) is 10.00 Å². The Kier molecular flexibility index (Phi) is 3.68. The van der Waals surface area contributed by atoms with Gasteiger partial charge in [0.15, 0.2) is 17.3 Å². The molecule has 2 bridgehead atoms. The molecule has 1 heterocycles. The van der Waals surface area contributed by atoms with Crippen molar-refractivity contribution in [1.29, 1.82) is 5.26 Å². The van der Waals surface area contributed by atoms with E-state index in [0.29, 0.717) is 0 Å². The van der Waals surface area contributed by atoms with E-state index in [1.165, 1.54) is 31.2 Å². The largest absolute Gasteiger partial charge is 0.507 e. The first-order valence-corrected chi connectivity index (χ1v) is 8.57. The maximum atomic E-state index is 12.9. The normalized spacial score (nSPS) is 28.4. The van der Waals surface area contributed by atoms with Gasteiger partial charge in [-0.1, -0.05) is 12.1 Å². The van der Waals surface area contributed by atoms with Gasteiger partial charge < -0.3 is 20.1 Å². The summed E-state index contributed by atoms with van der Waals surface area (Å²) < 4.78 is 5.45. The minimum absolute atomic E-state index is 0.0548. The van der Waals surface area contributed by atoms with Gasteiger partial charge in [-0.25, -0.2) is 0 Å². The summed E-state index contributed by atoms with van der Waals surface area (Å²) in [4.78, 5) is 49.9. The van der Waals surface area contributed by atoms with Crippen LogP contribution in [0.3, 0.4) is 0 Å². The molecule has 3 N–H and O–H groups in total. The topological polar surface area (TPSA) is 162 Å². The highest BCUT2D eigenvalue weighted by Crippen LogP contribution is 2.55. The first-order valence-electron chi connectivity index (χ1n) is 8.57. The van der Waals surface area contributed by atoms with Crippen molar-refractivity contribution >= 4 is 23.3 Å². The van der Waals surface area contributed by atoms with Crippen LogP contribution in [0.5, 0.6) is 5.75 Å². The van der Waals surface area contributed by atoms with Crippen molar-refractivity contribution in [2.45, 2.75) is 18.9 Å². The lowest BCUT2D eigenvalue weighted by molar-refractivity contribution is -0.149. The molecule has 1 aromatic carbocycles. The molecular weight excluding hydrogens is 382 g/mol. The Bertz CT molecular complexity index is 1150. The van der Waals surface area contributed by atoms with Crippen LogP contribution in [0.25, 0.3) is 0 Å². The van der Waals surface area contributed by atoms with Crippen molar-refractivity contribution in [2.24, 2.45) is 11.8 Å². The molecule has 4 rings (SSSR count). The zero-order valence-corrected chi connectivity index (χ0v) is 14.9. The van der Waals surface area contributed by atoms with Crippen molar-refractivity contribution in [3.05, 3.63) is 52.0 Å². The summed E-state index contributed by atoms with van der Waals surface area (Å²) >= 11 is 0. The maximum Gasteiger partial charge on any atom is 0.318 e. The van der Waals surface area contributed by atoms with Gasteiger partial charge in [0.1, 0.15) is 28.9 Å². The van der Waals surface area contributed by atoms with Gasteiger partial charge in [0, 0.05) is 17.1 Å². The van der Waals surface area contributed by atoms with Crippen molar-refractivity contribution in [2.75, 3.05) is 0 Å². The number of ether oxygens (including phenoxy) is 1. The van der Waals surface area contributed by atoms with Crippen LogP contribution >= 0.6 is 0 Å². The van der Waals surface area contributed by atoms with Crippen LogP contribution in [0, 0.1) is 23.2 Å². The molecule has 3 atom stereocenters. The van der Waals surface area contributed by atoms with Crippen LogP contribution < -0.4 is 0 Å². The number of aliphatic hydroxyl groups is 2. The third kappa shape index (κ3) is 2.20. The molecule has 146 valence electrons. The number of allylic oxidation sites excluding steroid dienone is 2. The minimum atomic E-state index is -1.42. The molecule has 0 radical (unpaired) electrons. The fourth-order valence-corrected chi connectivity index (χ4v) is 4.30. The third-order valence-corrected chi connectivity index (χ3v) is 5.77. The van der Waals surface area contributed by atoms with Gasteiger partial charge >= 0.3 is 5.97 Å². The van der Waals surface area contributed by atoms with Crippen LogP contribution in [0.15, 0.2) is 40.9 Å². The number of aliphatic hydroxyl groups excluding tert-OH is 2. The van der Waals surface area contributed by atoms with E-state index < -0.39 is 69.8 Å².